The molecule has 0 aliphatic rings. The quantitative estimate of drug-likeness (QED) is 0.762. The van der Waals surface area contributed by atoms with E-state index in [0.29, 0.717) is 17.5 Å². The van der Waals surface area contributed by atoms with Crippen LogP contribution in [0.4, 0.5) is 4.39 Å². The molecule has 2 nitrogen and oxygen atoms in total. The van der Waals surface area contributed by atoms with Crippen molar-refractivity contribution < 1.29 is 9.13 Å². The molecule has 1 aromatic carbocycles. The standard InChI is InChI=1S/C13H10Cl2FNO/c1-8-4-9(7-14)5-13(17-8)18-12-3-2-10(16)6-11(12)15/h2-6H,7H2,1H3. The Kier molecular flexibility index (Phi) is 4.04. The average molecular weight is 286 g/mol. The lowest BCUT2D eigenvalue weighted by Gasteiger charge is -2.08. The SMILES string of the molecule is Cc1cc(CCl)cc(Oc2ccc(F)cc2Cl)n1. The molecule has 1 heterocycles. The smallest absolute Gasteiger partial charge is 0.219 e. The van der Waals surface area contributed by atoms with Crippen LogP contribution in [0.2, 0.25) is 5.02 Å². The molecule has 0 spiro atoms. The van der Waals surface area contributed by atoms with Gasteiger partial charge in [-0.3, -0.25) is 0 Å². The molecule has 0 saturated carbocycles. The van der Waals surface area contributed by atoms with Gasteiger partial charge in [0.2, 0.25) is 5.88 Å². The summed E-state index contributed by atoms with van der Waals surface area (Å²) >= 11 is 11.6. The van der Waals surface area contributed by atoms with Crippen molar-refractivity contribution in [2.24, 2.45) is 0 Å². The van der Waals surface area contributed by atoms with Gasteiger partial charge in [-0.1, -0.05) is 11.6 Å². The fourth-order valence-electron chi connectivity index (χ4n) is 1.51. The van der Waals surface area contributed by atoms with Crippen molar-refractivity contribution in [1.82, 2.24) is 4.98 Å². The highest BCUT2D eigenvalue weighted by atomic mass is 35.5. The van der Waals surface area contributed by atoms with E-state index in [1.54, 1.807) is 6.07 Å². The van der Waals surface area contributed by atoms with Crippen molar-refractivity contribution in [3.63, 3.8) is 0 Å². The number of hydrogen-bond acceptors (Lipinski definition) is 2. The van der Waals surface area contributed by atoms with Crippen LogP contribution in [-0.2, 0) is 5.88 Å². The maximum Gasteiger partial charge on any atom is 0.219 e. The molecule has 0 aliphatic carbocycles. The van der Waals surface area contributed by atoms with Crippen molar-refractivity contribution in [2.45, 2.75) is 12.8 Å². The van der Waals surface area contributed by atoms with Gasteiger partial charge >= 0.3 is 0 Å². The lowest BCUT2D eigenvalue weighted by atomic mass is 10.2. The first kappa shape index (κ1) is 13.1. The Balaban J connectivity index is 2.30. The Morgan fingerprint density at radius 2 is 2.06 bits per heavy atom. The molecule has 94 valence electrons. The predicted octanol–water partition coefficient (Wildman–Crippen LogP) is 4.71. The maximum atomic E-state index is 12.9. The van der Waals surface area contributed by atoms with E-state index in [9.17, 15) is 4.39 Å². The normalized spacial score (nSPS) is 10.4. The number of ether oxygens (including phenoxy) is 1. The van der Waals surface area contributed by atoms with Gasteiger partial charge in [0.15, 0.2) is 0 Å². The molecule has 0 N–H and O–H groups in total. The van der Waals surface area contributed by atoms with Crippen molar-refractivity contribution in [3.05, 3.63) is 52.4 Å². The van der Waals surface area contributed by atoms with E-state index >= 15 is 0 Å². The van der Waals surface area contributed by atoms with Crippen molar-refractivity contribution in [1.29, 1.82) is 0 Å². The minimum Gasteiger partial charge on any atom is -0.437 e. The van der Waals surface area contributed by atoms with E-state index in [1.165, 1.54) is 18.2 Å². The van der Waals surface area contributed by atoms with E-state index in [2.05, 4.69) is 4.98 Å². The second kappa shape index (κ2) is 5.55. The van der Waals surface area contributed by atoms with Crippen LogP contribution in [0.25, 0.3) is 0 Å². The molecule has 0 radical (unpaired) electrons. The number of hydrogen-bond donors (Lipinski definition) is 0. The summed E-state index contributed by atoms with van der Waals surface area (Å²) in [6.07, 6.45) is 0. The summed E-state index contributed by atoms with van der Waals surface area (Å²) in [6, 6.07) is 7.52. The second-order valence-electron chi connectivity index (χ2n) is 3.77. The number of aromatic nitrogens is 1. The Hall–Kier alpha value is -1.32. The summed E-state index contributed by atoms with van der Waals surface area (Å²) in [6.45, 7) is 1.84. The van der Waals surface area contributed by atoms with Gasteiger partial charge in [-0.2, -0.15) is 0 Å². The number of aryl methyl sites for hydroxylation is 1. The van der Waals surface area contributed by atoms with Crippen molar-refractivity contribution in [3.8, 4) is 11.6 Å². The van der Waals surface area contributed by atoms with Gasteiger partial charge in [-0.05, 0) is 36.8 Å². The van der Waals surface area contributed by atoms with E-state index in [1.807, 2.05) is 13.0 Å². The number of alkyl halides is 1. The van der Waals surface area contributed by atoms with Crippen LogP contribution in [0.1, 0.15) is 11.3 Å². The molecule has 0 aliphatic heterocycles. The summed E-state index contributed by atoms with van der Waals surface area (Å²) in [5, 5.41) is 0.200. The molecule has 0 amide bonds. The van der Waals surface area contributed by atoms with E-state index in [0.717, 1.165) is 11.3 Å². The molecule has 0 saturated heterocycles. The average Bonchev–Trinajstić information content (AvgIpc) is 2.32. The van der Waals surface area contributed by atoms with Gasteiger partial charge in [-0.25, -0.2) is 9.37 Å². The van der Waals surface area contributed by atoms with Crippen LogP contribution in [0.3, 0.4) is 0 Å². The number of pyridine rings is 1. The van der Waals surface area contributed by atoms with E-state index in [4.69, 9.17) is 27.9 Å². The van der Waals surface area contributed by atoms with E-state index in [-0.39, 0.29) is 5.02 Å². The zero-order valence-electron chi connectivity index (χ0n) is 9.58. The fraction of sp³-hybridized carbons (Fsp3) is 0.154. The molecule has 0 bridgehead atoms. The molecule has 2 rings (SSSR count). The van der Waals surface area contributed by atoms with Gasteiger partial charge in [0.25, 0.3) is 0 Å². The monoisotopic (exact) mass is 285 g/mol. The lowest BCUT2D eigenvalue weighted by Crippen LogP contribution is -1.93. The second-order valence-corrected chi connectivity index (χ2v) is 4.44. The van der Waals surface area contributed by atoms with Gasteiger partial charge in [0, 0.05) is 17.6 Å². The summed E-state index contributed by atoms with van der Waals surface area (Å²) in [5.41, 5.74) is 1.69. The highest BCUT2D eigenvalue weighted by molar-refractivity contribution is 6.32. The first-order valence-corrected chi connectivity index (χ1v) is 6.16. The van der Waals surface area contributed by atoms with Crippen LogP contribution in [0.15, 0.2) is 30.3 Å². The van der Waals surface area contributed by atoms with Crippen LogP contribution in [-0.4, -0.2) is 4.98 Å². The van der Waals surface area contributed by atoms with Crippen LogP contribution >= 0.6 is 23.2 Å². The highest BCUT2D eigenvalue weighted by Crippen LogP contribution is 2.29. The number of benzene rings is 1. The molecule has 18 heavy (non-hydrogen) atoms. The number of nitrogens with zero attached hydrogens (tertiary/aromatic N) is 1. The summed E-state index contributed by atoms with van der Waals surface area (Å²) in [5.74, 6) is 0.707. The molecular formula is C13H10Cl2FNO. The largest absolute Gasteiger partial charge is 0.437 e. The third-order valence-corrected chi connectivity index (χ3v) is 2.86. The topological polar surface area (TPSA) is 22.1 Å². The highest BCUT2D eigenvalue weighted by Gasteiger charge is 2.07. The summed E-state index contributed by atoms with van der Waals surface area (Å²) < 4.78 is 18.4. The predicted molar refractivity (Wildman–Crippen MR) is 70.0 cm³/mol. The molecule has 0 fully saturated rings. The summed E-state index contributed by atoms with van der Waals surface area (Å²) in [4.78, 5) is 4.21. The fourth-order valence-corrected chi connectivity index (χ4v) is 1.87. The number of halogens is 3. The van der Waals surface area contributed by atoms with E-state index < -0.39 is 5.82 Å². The molecular weight excluding hydrogens is 276 g/mol. The van der Waals surface area contributed by atoms with Crippen LogP contribution in [0.5, 0.6) is 11.6 Å². The molecule has 5 heteroatoms. The van der Waals surface area contributed by atoms with Gasteiger partial charge in [-0.15, -0.1) is 11.6 Å². The van der Waals surface area contributed by atoms with Crippen LogP contribution < -0.4 is 4.74 Å². The third-order valence-electron chi connectivity index (χ3n) is 2.25. The minimum absolute atomic E-state index is 0.200. The van der Waals surface area contributed by atoms with Gasteiger partial charge in [0.05, 0.1) is 5.02 Å². The van der Waals surface area contributed by atoms with Gasteiger partial charge < -0.3 is 4.74 Å². The van der Waals surface area contributed by atoms with Crippen molar-refractivity contribution in [2.75, 3.05) is 0 Å². The first-order valence-electron chi connectivity index (χ1n) is 5.25. The molecule has 0 unspecified atom stereocenters. The first-order chi connectivity index (χ1) is 8.58. The maximum absolute atomic E-state index is 12.9. The zero-order valence-corrected chi connectivity index (χ0v) is 11.1. The summed E-state index contributed by atoms with van der Waals surface area (Å²) in [7, 11) is 0. The van der Waals surface area contributed by atoms with Crippen molar-refractivity contribution >= 4 is 23.2 Å². The molecule has 1 aromatic heterocycles. The molecule has 0 atom stereocenters. The Morgan fingerprint density at radius 3 is 2.72 bits per heavy atom. The zero-order chi connectivity index (χ0) is 13.1. The van der Waals surface area contributed by atoms with Gasteiger partial charge in [0.1, 0.15) is 11.6 Å². The Labute approximate surface area is 114 Å². The Bertz CT molecular complexity index is 575. The lowest BCUT2D eigenvalue weighted by molar-refractivity contribution is 0.459. The Morgan fingerprint density at radius 1 is 1.28 bits per heavy atom. The minimum atomic E-state index is -0.411. The third kappa shape index (κ3) is 3.12. The number of rotatable bonds is 3. The van der Waals surface area contributed by atoms with Crippen LogP contribution in [0, 0.1) is 12.7 Å². The molecule has 2 aromatic rings.